The highest BCUT2D eigenvalue weighted by molar-refractivity contribution is 5.79. The Bertz CT molecular complexity index is 628. The summed E-state index contributed by atoms with van der Waals surface area (Å²) in [6.07, 6.45) is 6.59. The molecule has 1 saturated carbocycles. The largest absolute Gasteiger partial charge is 0.357 e. The molecule has 22 heavy (non-hydrogen) atoms. The summed E-state index contributed by atoms with van der Waals surface area (Å²) in [6.45, 7) is 4.82. The van der Waals surface area contributed by atoms with Crippen molar-refractivity contribution in [2.24, 2.45) is 10.9 Å². The zero-order chi connectivity index (χ0) is 15.2. The standard InChI is InChI=1S/C16H24N6/c1-2-17-16(19-12-13-8-9-13)18-10-5-7-15-21-20-14-6-3-4-11-22(14)15/h3-4,6,11,13H,2,5,7-10,12H2,1H3,(H2,17,18,19). The first kappa shape index (κ1) is 14.8. The molecular weight excluding hydrogens is 276 g/mol. The van der Waals surface area contributed by atoms with Crippen LogP contribution < -0.4 is 10.6 Å². The SMILES string of the molecule is CCNC(=NCC1CC1)NCCCc1nnc2ccccn12. The lowest BCUT2D eigenvalue weighted by atomic mass is 10.3. The number of fused-ring (bicyclic) bond motifs is 1. The van der Waals surface area contributed by atoms with Crippen LogP contribution >= 0.6 is 0 Å². The normalized spacial score (nSPS) is 15.2. The van der Waals surface area contributed by atoms with E-state index >= 15 is 0 Å². The van der Waals surface area contributed by atoms with Gasteiger partial charge in [-0.1, -0.05) is 6.07 Å². The summed E-state index contributed by atoms with van der Waals surface area (Å²) in [7, 11) is 0. The quantitative estimate of drug-likeness (QED) is 0.463. The van der Waals surface area contributed by atoms with Crippen LogP contribution in [0.5, 0.6) is 0 Å². The Balaban J connectivity index is 1.46. The number of rotatable bonds is 7. The average Bonchev–Trinajstić information content (AvgIpc) is 3.28. The Morgan fingerprint density at radius 2 is 2.23 bits per heavy atom. The van der Waals surface area contributed by atoms with Gasteiger partial charge >= 0.3 is 0 Å². The van der Waals surface area contributed by atoms with Gasteiger partial charge in [0.2, 0.25) is 0 Å². The molecular formula is C16H24N6. The summed E-state index contributed by atoms with van der Waals surface area (Å²) < 4.78 is 2.05. The summed E-state index contributed by atoms with van der Waals surface area (Å²) in [5.74, 6) is 2.76. The van der Waals surface area contributed by atoms with E-state index in [2.05, 4.69) is 32.7 Å². The van der Waals surface area contributed by atoms with Gasteiger partial charge in [-0.2, -0.15) is 0 Å². The van der Waals surface area contributed by atoms with Crippen LogP contribution in [0.15, 0.2) is 29.4 Å². The molecule has 6 nitrogen and oxygen atoms in total. The molecule has 0 saturated heterocycles. The fourth-order valence-electron chi connectivity index (χ4n) is 2.38. The van der Waals surface area contributed by atoms with Crippen molar-refractivity contribution in [1.29, 1.82) is 0 Å². The lowest BCUT2D eigenvalue weighted by Gasteiger charge is -2.10. The van der Waals surface area contributed by atoms with E-state index in [1.807, 2.05) is 28.8 Å². The van der Waals surface area contributed by atoms with E-state index < -0.39 is 0 Å². The van der Waals surface area contributed by atoms with Gasteiger partial charge in [-0.3, -0.25) is 9.39 Å². The first-order valence-corrected chi connectivity index (χ1v) is 8.17. The highest BCUT2D eigenvalue weighted by atomic mass is 15.2. The number of guanidine groups is 1. The number of nitrogens with one attached hydrogen (secondary N) is 2. The van der Waals surface area contributed by atoms with Crippen molar-refractivity contribution in [2.45, 2.75) is 32.6 Å². The molecule has 2 heterocycles. The van der Waals surface area contributed by atoms with E-state index in [-0.39, 0.29) is 0 Å². The second-order valence-electron chi connectivity index (χ2n) is 5.74. The van der Waals surface area contributed by atoms with Crippen LogP contribution in [-0.2, 0) is 6.42 Å². The third-order valence-corrected chi connectivity index (χ3v) is 3.80. The van der Waals surface area contributed by atoms with Gasteiger partial charge in [0, 0.05) is 32.3 Å². The van der Waals surface area contributed by atoms with Gasteiger partial charge in [-0.25, -0.2) is 0 Å². The van der Waals surface area contributed by atoms with Crippen molar-refractivity contribution < 1.29 is 0 Å². The smallest absolute Gasteiger partial charge is 0.191 e. The van der Waals surface area contributed by atoms with Crippen molar-refractivity contribution in [3.63, 3.8) is 0 Å². The van der Waals surface area contributed by atoms with Crippen molar-refractivity contribution in [2.75, 3.05) is 19.6 Å². The molecule has 1 fully saturated rings. The summed E-state index contributed by atoms with van der Waals surface area (Å²) in [4.78, 5) is 4.62. The molecule has 118 valence electrons. The molecule has 0 aromatic carbocycles. The lowest BCUT2D eigenvalue weighted by Crippen LogP contribution is -2.38. The van der Waals surface area contributed by atoms with E-state index in [1.54, 1.807) is 0 Å². The maximum atomic E-state index is 4.62. The number of aryl methyl sites for hydroxylation is 1. The van der Waals surface area contributed by atoms with Gasteiger partial charge in [0.1, 0.15) is 5.82 Å². The Labute approximate surface area is 131 Å². The van der Waals surface area contributed by atoms with Crippen LogP contribution in [0, 0.1) is 5.92 Å². The highest BCUT2D eigenvalue weighted by Crippen LogP contribution is 2.28. The fraction of sp³-hybridized carbons (Fsp3) is 0.562. The van der Waals surface area contributed by atoms with E-state index in [9.17, 15) is 0 Å². The minimum Gasteiger partial charge on any atom is -0.357 e. The van der Waals surface area contributed by atoms with E-state index in [0.29, 0.717) is 0 Å². The molecule has 0 bridgehead atoms. The molecule has 6 heteroatoms. The number of hydrogen-bond acceptors (Lipinski definition) is 3. The Morgan fingerprint density at radius 1 is 1.32 bits per heavy atom. The number of aliphatic imine (C=N–C) groups is 1. The minimum absolute atomic E-state index is 0.817. The van der Waals surface area contributed by atoms with Crippen LogP contribution in [0.3, 0.4) is 0 Å². The minimum atomic E-state index is 0.817. The Kier molecular flexibility index (Phi) is 4.88. The van der Waals surface area contributed by atoms with Crippen LogP contribution in [0.2, 0.25) is 0 Å². The van der Waals surface area contributed by atoms with E-state index in [1.165, 1.54) is 12.8 Å². The van der Waals surface area contributed by atoms with Crippen LogP contribution in [-0.4, -0.2) is 40.2 Å². The molecule has 0 spiro atoms. The molecule has 1 aliphatic rings. The maximum Gasteiger partial charge on any atom is 0.191 e. The molecule has 0 amide bonds. The molecule has 2 aromatic heterocycles. The molecule has 2 N–H and O–H groups in total. The molecule has 0 aliphatic heterocycles. The van der Waals surface area contributed by atoms with Gasteiger partial charge in [0.25, 0.3) is 0 Å². The predicted octanol–water partition coefficient (Wildman–Crippen LogP) is 1.63. The van der Waals surface area contributed by atoms with Gasteiger partial charge in [0.05, 0.1) is 0 Å². The summed E-state index contributed by atoms with van der Waals surface area (Å²) in [5.41, 5.74) is 0.907. The zero-order valence-corrected chi connectivity index (χ0v) is 13.1. The van der Waals surface area contributed by atoms with Gasteiger partial charge in [-0.05, 0) is 44.2 Å². The van der Waals surface area contributed by atoms with Crippen molar-refractivity contribution in [1.82, 2.24) is 25.2 Å². The first-order chi connectivity index (χ1) is 10.9. The first-order valence-electron chi connectivity index (χ1n) is 8.17. The van der Waals surface area contributed by atoms with Crippen molar-refractivity contribution in [3.8, 4) is 0 Å². The van der Waals surface area contributed by atoms with E-state index in [4.69, 9.17) is 0 Å². The van der Waals surface area contributed by atoms with E-state index in [0.717, 1.165) is 55.8 Å². The number of aromatic nitrogens is 3. The monoisotopic (exact) mass is 300 g/mol. The Hall–Kier alpha value is -2.11. The average molecular weight is 300 g/mol. The Morgan fingerprint density at radius 3 is 3.05 bits per heavy atom. The number of pyridine rings is 1. The summed E-state index contributed by atoms with van der Waals surface area (Å²) in [6, 6.07) is 5.96. The van der Waals surface area contributed by atoms with Gasteiger partial charge in [0.15, 0.2) is 11.6 Å². The molecule has 3 rings (SSSR count). The topological polar surface area (TPSA) is 66.6 Å². The predicted molar refractivity (Wildman–Crippen MR) is 88.0 cm³/mol. The third kappa shape index (κ3) is 3.96. The van der Waals surface area contributed by atoms with Crippen molar-refractivity contribution in [3.05, 3.63) is 30.2 Å². The molecule has 0 radical (unpaired) electrons. The lowest BCUT2D eigenvalue weighted by molar-refractivity contribution is 0.711. The molecule has 1 aliphatic carbocycles. The van der Waals surface area contributed by atoms with Crippen LogP contribution in [0.25, 0.3) is 5.65 Å². The fourth-order valence-corrected chi connectivity index (χ4v) is 2.38. The maximum absolute atomic E-state index is 4.62. The molecule has 2 aromatic rings. The summed E-state index contributed by atoms with van der Waals surface area (Å²) in [5, 5.41) is 15.1. The van der Waals surface area contributed by atoms with Crippen LogP contribution in [0.1, 0.15) is 32.0 Å². The van der Waals surface area contributed by atoms with Crippen LogP contribution in [0.4, 0.5) is 0 Å². The second-order valence-corrected chi connectivity index (χ2v) is 5.74. The summed E-state index contributed by atoms with van der Waals surface area (Å²) >= 11 is 0. The third-order valence-electron chi connectivity index (χ3n) is 3.80. The second kappa shape index (κ2) is 7.24. The number of hydrogen-bond donors (Lipinski definition) is 2. The number of nitrogens with zero attached hydrogens (tertiary/aromatic N) is 4. The molecule has 0 unspecified atom stereocenters. The highest BCUT2D eigenvalue weighted by Gasteiger charge is 2.20. The molecule has 0 atom stereocenters. The van der Waals surface area contributed by atoms with Crippen molar-refractivity contribution >= 4 is 11.6 Å². The zero-order valence-electron chi connectivity index (χ0n) is 13.1. The van der Waals surface area contributed by atoms with Gasteiger partial charge in [-0.15, -0.1) is 10.2 Å². The van der Waals surface area contributed by atoms with Gasteiger partial charge < -0.3 is 10.6 Å².